The number of anilines is 1. The molecule has 0 saturated carbocycles. The van der Waals surface area contributed by atoms with E-state index in [-0.39, 0.29) is 23.3 Å². The van der Waals surface area contributed by atoms with Crippen LogP contribution in [0.2, 0.25) is 5.02 Å². The molecule has 146 valence electrons. The maximum atomic E-state index is 14.8. The van der Waals surface area contributed by atoms with Gasteiger partial charge in [0.1, 0.15) is 23.1 Å². The van der Waals surface area contributed by atoms with E-state index in [1.165, 1.54) is 32.6 Å². The lowest BCUT2D eigenvalue weighted by Crippen LogP contribution is -2.29. The summed E-state index contributed by atoms with van der Waals surface area (Å²) in [6.45, 7) is 1.81. The summed E-state index contributed by atoms with van der Waals surface area (Å²) in [4.78, 5) is 23.9. The van der Waals surface area contributed by atoms with Crippen LogP contribution in [0.1, 0.15) is 32.0 Å². The van der Waals surface area contributed by atoms with Crippen molar-refractivity contribution in [2.45, 2.75) is 13.0 Å². The highest BCUT2D eigenvalue weighted by atomic mass is 35.5. The fourth-order valence-electron chi connectivity index (χ4n) is 3.59. The van der Waals surface area contributed by atoms with Gasteiger partial charge in [-0.15, -0.1) is 15.2 Å². The molecule has 1 amide bonds. The van der Waals surface area contributed by atoms with Gasteiger partial charge in [-0.3, -0.25) is 9.69 Å². The maximum absolute atomic E-state index is 14.8. The summed E-state index contributed by atoms with van der Waals surface area (Å²) in [5.41, 5.74) is 2.44. The van der Waals surface area contributed by atoms with E-state index >= 15 is 0 Å². The second kappa shape index (κ2) is 6.79. The fourth-order valence-corrected chi connectivity index (χ4v) is 4.95. The van der Waals surface area contributed by atoms with Gasteiger partial charge in [0.15, 0.2) is 12.3 Å². The molecule has 0 aliphatic carbocycles. The first kappa shape index (κ1) is 18.5. The van der Waals surface area contributed by atoms with Gasteiger partial charge in [0.25, 0.3) is 5.91 Å². The molecular formula is C19H11ClF2N4OS2. The summed E-state index contributed by atoms with van der Waals surface area (Å²) in [7, 11) is 0. The van der Waals surface area contributed by atoms with Crippen LogP contribution in [-0.2, 0) is 0 Å². The monoisotopic (exact) mass is 448 g/mol. The highest BCUT2D eigenvalue weighted by Crippen LogP contribution is 2.44. The number of thiazole rings is 1. The number of aryl methyl sites for hydroxylation is 1. The van der Waals surface area contributed by atoms with Gasteiger partial charge in [0.2, 0.25) is 0 Å². The Kier molecular flexibility index (Phi) is 4.34. The van der Waals surface area contributed by atoms with E-state index in [1.54, 1.807) is 30.3 Å². The number of nitrogens with zero attached hydrogens (tertiary/aromatic N) is 4. The molecule has 1 unspecified atom stereocenters. The predicted octanol–water partition coefficient (Wildman–Crippen LogP) is 5.72. The molecule has 5 rings (SSSR count). The number of benzene rings is 2. The zero-order valence-electron chi connectivity index (χ0n) is 14.8. The summed E-state index contributed by atoms with van der Waals surface area (Å²) in [6.07, 6.45) is 1.36. The topological polar surface area (TPSA) is 51.0 Å². The van der Waals surface area contributed by atoms with Crippen LogP contribution in [0.15, 0.2) is 42.7 Å². The van der Waals surface area contributed by atoms with Crippen molar-refractivity contribution < 1.29 is 13.1 Å². The highest BCUT2D eigenvalue weighted by molar-refractivity contribution is 7.92. The van der Waals surface area contributed by atoms with Crippen LogP contribution in [0.4, 0.5) is 14.0 Å². The summed E-state index contributed by atoms with van der Waals surface area (Å²) >= 11 is 7.23. The molecule has 0 radical (unpaired) electrons. The predicted molar refractivity (Wildman–Crippen MR) is 111 cm³/mol. The standard InChI is InChI=1S/C19H11ClF2N4OS2/c1-9-24-16-17(12-4-2-10(20)6-13(12)21)26(19(27)18(16)28-9)11-3-5-15-14(7-11)23-8-25(15)29-22/h2-8,17H,1H3. The van der Waals surface area contributed by atoms with Crippen molar-refractivity contribution in [3.8, 4) is 0 Å². The van der Waals surface area contributed by atoms with Crippen LogP contribution >= 0.6 is 35.3 Å². The van der Waals surface area contributed by atoms with Crippen LogP contribution in [0, 0.1) is 12.7 Å². The average Bonchev–Trinajstić information content (AvgIpc) is 3.34. The fraction of sp³-hybridized carbons (Fsp3) is 0.105. The minimum Gasteiger partial charge on any atom is -0.294 e. The first-order chi connectivity index (χ1) is 14.0. The molecular weight excluding hydrogens is 438 g/mol. The zero-order chi connectivity index (χ0) is 20.3. The molecule has 1 aliphatic rings. The number of carbonyl (C=O) groups excluding carboxylic acids is 1. The molecule has 10 heteroatoms. The van der Waals surface area contributed by atoms with E-state index in [4.69, 9.17) is 11.6 Å². The van der Waals surface area contributed by atoms with Crippen LogP contribution < -0.4 is 4.90 Å². The molecule has 0 fully saturated rings. The molecule has 0 saturated heterocycles. The van der Waals surface area contributed by atoms with Crippen LogP contribution in [-0.4, -0.2) is 19.8 Å². The van der Waals surface area contributed by atoms with Crippen molar-refractivity contribution in [3.63, 3.8) is 0 Å². The number of rotatable bonds is 3. The lowest BCUT2D eigenvalue weighted by atomic mass is 10.0. The molecule has 3 heterocycles. The van der Waals surface area contributed by atoms with Crippen LogP contribution in [0.3, 0.4) is 0 Å². The van der Waals surface area contributed by atoms with E-state index in [0.717, 1.165) is 5.01 Å². The average molecular weight is 449 g/mol. The Bertz CT molecular complexity index is 1290. The first-order valence-corrected chi connectivity index (χ1v) is 10.4. The second-order valence-electron chi connectivity index (χ2n) is 6.50. The van der Waals surface area contributed by atoms with Crippen molar-refractivity contribution in [2.75, 3.05) is 4.90 Å². The first-order valence-electron chi connectivity index (χ1n) is 8.50. The molecule has 29 heavy (non-hydrogen) atoms. The molecule has 2 aromatic heterocycles. The van der Waals surface area contributed by atoms with E-state index in [1.807, 2.05) is 6.92 Å². The number of hydrogen-bond acceptors (Lipinski definition) is 5. The van der Waals surface area contributed by atoms with Crippen molar-refractivity contribution in [3.05, 3.63) is 74.7 Å². The Labute approximate surface area is 177 Å². The van der Waals surface area contributed by atoms with Gasteiger partial charge in [-0.05, 0) is 37.3 Å². The minimum atomic E-state index is -0.727. The Hall–Kier alpha value is -2.49. The minimum absolute atomic E-state index is 0.0403. The molecule has 0 bridgehead atoms. The summed E-state index contributed by atoms with van der Waals surface area (Å²) in [5.74, 6) is -0.776. The SMILES string of the molecule is Cc1nc2c(s1)C(=O)N(c1ccc3c(c1)ncn3SF)C2c1ccc(Cl)cc1F. The number of halogens is 3. The van der Waals surface area contributed by atoms with Gasteiger partial charge >= 0.3 is 0 Å². The van der Waals surface area contributed by atoms with Gasteiger partial charge in [0, 0.05) is 16.3 Å². The quantitative estimate of drug-likeness (QED) is 0.402. The molecule has 1 atom stereocenters. The summed E-state index contributed by atoms with van der Waals surface area (Å²) in [6, 6.07) is 8.71. The molecule has 5 nitrogen and oxygen atoms in total. The number of aromatic nitrogens is 3. The summed E-state index contributed by atoms with van der Waals surface area (Å²) in [5, 5.41) is 1.00. The number of imidazole rings is 1. The number of fused-ring (bicyclic) bond motifs is 2. The normalized spacial score (nSPS) is 16.1. The number of hydrogen-bond donors (Lipinski definition) is 0. The van der Waals surface area contributed by atoms with Gasteiger partial charge in [-0.1, -0.05) is 17.7 Å². The highest BCUT2D eigenvalue weighted by Gasteiger charge is 2.43. The lowest BCUT2D eigenvalue weighted by molar-refractivity contribution is 0.0996. The molecule has 0 N–H and O–H groups in total. The number of carbonyl (C=O) groups is 1. The summed E-state index contributed by atoms with van der Waals surface area (Å²) < 4.78 is 29.1. The Balaban J connectivity index is 1.70. The Morgan fingerprint density at radius 2 is 2.07 bits per heavy atom. The van der Waals surface area contributed by atoms with Gasteiger partial charge in [0.05, 0.1) is 21.7 Å². The van der Waals surface area contributed by atoms with Crippen molar-refractivity contribution in [1.82, 2.24) is 13.9 Å². The van der Waals surface area contributed by atoms with Gasteiger partial charge in [-0.25, -0.2) is 18.3 Å². The molecule has 2 aromatic carbocycles. The van der Waals surface area contributed by atoms with E-state index < -0.39 is 11.9 Å². The van der Waals surface area contributed by atoms with E-state index in [0.29, 0.717) is 32.9 Å². The van der Waals surface area contributed by atoms with Crippen molar-refractivity contribution in [1.29, 1.82) is 0 Å². The Morgan fingerprint density at radius 3 is 2.83 bits per heavy atom. The van der Waals surface area contributed by atoms with Crippen LogP contribution in [0.25, 0.3) is 11.0 Å². The lowest BCUT2D eigenvalue weighted by Gasteiger charge is -2.26. The van der Waals surface area contributed by atoms with Crippen molar-refractivity contribution in [2.24, 2.45) is 0 Å². The second-order valence-corrected chi connectivity index (χ2v) is 8.67. The molecule has 1 aliphatic heterocycles. The zero-order valence-corrected chi connectivity index (χ0v) is 17.2. The van der Waals surface area contributed by atoms with E-state index in [2.05, 4.69) is 9.97 Å². The third-order valence-corrected chi connectivity index (χ3v) is 6.45. The number of amides is 1. The van der Waals surface area contributed by atoms with Gasteiger partial charge in [-0.2, -0.15) is 0 Å². The molecule has 0 spiro atoms. The van der Waals surface area contributed by atoms with E-state index in [9.17, 15) is 13.1 Å². The largest absolute Gasteiger partial charge is 0.294 e. The Morgan fingerprint density at radius 1 is 1.24 bits per heavy atom. The third-order valence-electron chi connectivity index (χ3n) is 4.80. The smallest absolute Gasteiger partial charge is 0.271 e. The third kappa shape index (κ3) is 2.84. The van der Waals surface area contributed by atoms with Crippen molar-refractivity contribution >= 4 is 57.9 Å². The molecule has 4 aromatic rings. The van der Waals surface area contributed by atoms with Gasteiger partial charge < -0.3 is 0 Å². The van der Waals surface area contributed by atoms with Crippen LogP contribution in [0.5, 0.6) is 0 Å². The maximum Gasteiger partial charge on any atom is 0.271 e.